The lowest BCUT2D eigenvalue weighted by Crippen LogP contribution is -2.08. The average molecular weight is 304 g/mol. The molecule has 1 aromatic carbocycles. The van der Waals surface area contributed by atoms with E-state index in [2.05, 4.69) is 21.2 Å². The molecule has 0 aliphatic carbocycles. The van der Waals surface area contributed by atoms with Crippen molar-refractivity contribution in [1.82, 2.24) is 5.32 Å². The summed E-state index contributed by atoms with van der Waals surface area (Å²) >= 11 is 3.28. The molecule has 0 heterocycles. The molecule has 0 saturated heterocycles. The topological polar surface area (TPSA) is 46.2 Å². The second-order valence-corrected chi connectivity index (χ2v) is 6.13. The number of benzene rings is 1. The van der Waals surface area contributed by atoms with Crippen LogP contribution in [0.25, 0.3) is 0 Å². The van der Waals surface area contributed by atoms with Crippen LogP contribution in [-0.2, 0) is 9.84 Å². The van der Waals surface area contributed by atoms with E-state index < -0.39 is 9.84 Å². The number of halogens is 1. The van der Waals surface area contributed by atoms with E-state index in [-0.39, 0.29) is 0 Å². The Labute approximate surface area is 105 Å². The third-order valence-corrected chi connectivity index (χ3v) is 4.64. The molecule has 1 aromatic rings. The molecule has 0 aliphatic heterocycles. The van der Waals surface area contributed by atoms with Gasteiger partial charge in [-0.1, -0.05) is 22.9 Å². The molecule has 0 bridgehead atoms. The van der Waals surface area contributed by atoms with Gasteiger partial charge in [0.2, 0.25) is 9.84 Å². The highest BCUT2D eigenvalue weighted by atomic mass is 79.9. The first kappa shape index (κ1) is 13.3. The lowest BCUT2D eigenvalue weighted by atomic mass is 10.4. The molecule has 1 N–H and O–H groups in total. The van der Waals surface area contributed by atoms with Crippen molar-refractivity contribution < 1.29 is 8.42 Å². The maximum Gasteiger partial charge on any atom is 0.204 e. The largest absolute Gasteiger partial charge is 0.393 e. The van der Waals surface area contributed by atoms with Crippen molar-refractivity contribution in [3.63, 3.8) is 0 Å². The van der Waals surface area contributed by atoms with Gasteiger partial charge in [-0.25, -0.2) is 8.42 Å². The number of allylic oxidation sites excluding steroid dienone is 1. The molecular formula is C11H14BrNO2S. The molecule has 0 fully saturated rings. The zero-order valence-electron chi connectivity index (χ0n) is 9.20. The minimum atomic E-state index is -3.35. The number of rotatable bonds is 4. The highest BCUT2D eigenvalue weighted by Crippen LogP contribution is 2.22. The van der Waals surface area contributed by atoms with Gasteiger partial charge in [-0.3, -0.25) is 0 Å². The highest BCUT2D eigenvalue weighted by Gasteiger charge is 2.18. The van der Waals surface area contributed by atoms with E-state index in [0.717, 1.165) is 4.47 Å². The Morgan fingerprint density at radius 1 is 1.38 bits per heavy atom. The second-order valence-electron chi connectivity index (χ2n) is 3.21. The Morgan fingerprint density at radius 3 is 2.38 bits per heavy atom. The van der Waals surface area contributed by atoms with E-state index in [1.54, 1.807) is 31.3 Å². The molecule has 16 heavy (non-hydrogen) atoms. The molecule has 3 nitrogen and oxygen atoms in total. The molecule has 0 aromatic heterocycles. The highest BCUT2D eigenvalue weighted by molar-refractivity contribution is 9.10. The van der Waals surface area contributed by atoms with Gasteiger partial charge in [0.25, 0.3) is 0 Å². The Morgan fingerprint density at radius 2 is 1.94 bits per heavy atom. The van der Waals surface area contributed by atoms with Crippen LogP contribution in [-0.4, -0.2) is 15.5 Å². The first-order valence-electron chi connectivity index (χ1n) is 4.89. The van der Waals surface area contributed by atoms with Gasteiger partial charge in [-0.2, -0.15) is 0 Å². The van der Waals surface area contributed by atoms with Crippen LogP contribution < -0.4 is 5.32 Å². The van der Waals surface area contributed by atoms with E-state index in [1.165, 1.54) is 6.20 Å². The van der Waals surface area contributed by atoms with E-state index in [4.69, 9.17) is 0 Å². The molecule has 0 radical (unpaired) electrons. The lowest BCUT2D eigenvalue weighted by molar-refractivity contribution is 0.600. The summed E-state index contributed by atoms with van der Waals surface area (Å²) in [7, 11) is -1.67. The zero-order chi connectivity index (χ0) is 12.2. The second kappa shape index (κ2) is 5.50. The van der Waals surface area contributed by atoms with Crippen molar-refractivity contribution in [2.45, 2.75) is 18.2 Å². The Bertz CT molecular complexity index is 477. The minimum Gasteiger partial charge on any atom is -0.393 e. The first-order valence-corrected chi connectivity index (χ1v) is 7.17. The molecule has 0 spiro atoms. The van der Waals surface area contributed by atoms with Crippen molar-refractivity contribution in [3.8, 4) is 0 Å². The van der Waals surface area contributed by atoms with Crippen LogP contribution in [0.5, 0.6) is 0 Å². The average Bonchev–Trinajstić information content (AvgIpc) is 2.26. The summed E-state index contributed by atoms with van der Waals surface area (Å²) in [6, 6.07) is 6.64. The van der Waals surface area contributed by atoms with Gasteiger partial charge in [0.15, 0.2) is 0 Å². The van der Waals surface area contributed by atoms with Gasteiger partial charge in [-0.05, 0) is 30.7 Å². The molecular weight excluding hydrogens is 290 g/mol. The van der Waals surface area contributed by atoms with Gasteiger partial charge < -0.3 is 5.32 Å². The maximum atomic E-state index is 12.1. The summed E-state index contributed by atoms with van der Waals surface area (Å²) in [6.45, 7) is 1.82. The summed E-state index contributed by atoms with van der Waals surface area (Å²) in [5.74, 6) is 0. The predicted molar refractivity (Wildman–Crippen MR) is 68.8 cm³/mol. The van der Waals surface area contributed by atoms with Crippen LogP contribution in [0, 0.1) is 0 Å². The Balaban J connectivity index is 3.20. The molecule has 0 atom stereocenters. The van der Waals surface area contributed by atoms with Crippen molar-refractivity contribution in [1.29, 1.82) is 0 Å². The van der Waals surface area contributed by atoms with Crippen LogP contribution in [0.4, 0.5) is 0 Å². The molecule has 88 valence electrons. The van der Waals surface area contributed by atoms with Gasteiger partial charge in [-0.15, -0.1) is 0 Å². The fourth-order valence-electron chi connectivity index (χ4n) is 1.30. The molecule has 0 unspecified atom stereocenters. The van der Waals surface area contributed by atoms with Gasteiger partial charge in [0, 0.05) is 17.7 Å². The number of hydrogen-bond donors (Lipinski definition) is 1. The summed E-state index contributed by atoms with van der Waals surface area (Å²) < 4.78 is 25.1. The van der Waals surface area contributed by atoms with Crippen molar-refractivity contribution >= 4 is 25.8 Å². The van der Waals surface area contributed by atoms with Crippen molar-refractivity contribution in [2.75, 3.05) is 7.05 Å². The molecule has 5 heteroatoms. The normalized spacial score (nSPS) is 12.6. The molecule has 1 rings (SSSR count). The van der Waals surface area contributed by atoms with Gasteiger partial charge in [0.1, 0.15) is 0 Å². The summed E-state index contributed by atoms with van der Waals surface area (Å²) in [4.78, 5) is 0.705. The van der Waals surface area contributed by atoms with Gasteiger partial charge >= 0.3 is 0 Å². The molecule has 0 aliphatic rings. The Kier molecular flexibility index (Phi) is 4.56. The van der Waals surface area contributed by atoms with E-state index >= 15 is 0 Å². The third kappa shape index (κ3) is 2.86. The zero-order valence-corrected chi connectivity index (χ0v) is 11.6. The number of nitrogens with one attached hydrogen (secondary N) is 1. The number of hydrogen-bond acceptors (Lipinski definition) is 3. The van der Waals surface area contributed by atoms with Crippen molar-refractivity contribution in [2.24, 2.45) is 0 Å². The standard InChI is InChI=1S/C11H14BrNO2S/c1-3-10(8-13-2)16(14,15)11-6-4-9(12)5-7-11/h4-8,13H,3H2,1-2H3/b10-8+. The minimum absolute atomic E-state index is 0.319. The first-order chi connectivity index (χ1) is 7.52. The van der Waals surface area contributed by atoms with E-state index in [0.29, 0.717) is 16.2 Å². The SMILES string of the molecule is CC/C(=C\NC)S(=O)(=O)c1ccc(Br)cc1. The van der Waals surface area contributed by atoms with Gasteiger partial charge in [0.05, 0.1) is 9.80 Å². The molecule has 0 saturated carbocycles. The quantitative estimate of drug-likeness (QED) is 0.930. The number of sulfone groups is 1. The third-order valence-electron chi connectivity index (χ3n) is 2.12. The van der Waals surface area contributed by atoms with Crippen LogP contribution >= 0.6 is 15.9 Å². The predicted octanol–water partition coefficient (Wildman–Crippen LogP) is 2.69. The maximum absolute atomic E-state index is 12.1. The van der Waals surface area contributed by atoms with Crippen LogP contribution in [0.3, 0.4) is 0 Å². The van der Waals surface area contributed by atoms with Crippen LogP contribution in [0.2, 0.25) is 0 Å². The van der Waals surface area contributed by atoms with Crippen LogP contribution in [0.15, 0.2) is 44.7 Å². The van der Waals surface area contributed by atoms with Crippen molar-refractivity contribution in [3.05, 3.63) is 39.8 Å². The van der Waals surface area contributed by atoms with E-state index in [9.17, 15) is 8.42 Å². The molecule has 0 amide bonds. The summed E-state index contributed by atoms with van der Waals surface area (Å²) in [5, 5.41) is 2.76. The fraction of sp³-hybridized carbons (Fsp3) is 0.273. The Hall–Kier alpha value is -0.810. The summed E-state index contributed by atoms with van der Waals surface area (Å²) in [5.41, 5.74) is 0. The summed E-state index contributed by atoms with van der Waals surface area (Å²) in [6.07, 6.45) is 2.00. The fourth-order valence-corrected chi connectivity index (χ4v) is 3.01. The lowest BCUT2D eigenvalue weighted by Gasteiger charge is -2.07. The smallest absolute Gasteiger partial charge is 0.204 e. The van der Waals surface area contributed by atoms with Crippen LogP contribution in [0.1, 0.15) is 13.3 Å². The van der Waals surface area contributed by atoms with E-state index in [1.807, 2.05) is 6.92 Å². The monoisotopic (exact) mass is 303 g/mol.